The van der Waals surface area contributed by atoms with Gasteiger partial charge in [0.15, 0.2) is 0 Å². The van der Waals surface area contributed by atoms with Crippen LogP contribution in [-0.2, 0) is 4.79 Å². The molecule has 2 rings (SSSR count). The first kappa shape index (κ1) is 11.6. The van der Waals surface area contributed by atoms with E-state index in [-0.39, 0.29) is 12.0 Å². The molecule has 0 aromatic carbocycles. The lowest BCUT2D eigenvalue weighted by atomic mass is 9.93. The number of nitrogens with zero attached hydrogens (tertiary/aromatic N) is 1. The van der Waals surface area contributed by atoms with E-state index in [9.17, 15) is 4.79 Å². The number of carbonyl (C=O) groups excluding carboxylic acids is 1. The molecule has 0 radical (unpaired) electrons. The Morgan fingerprint density at radius 2 is 2.00 bits per heavy atom. The molecule has 0 aromatic heterocycles. The predicted octanol–water partition coefficient (Wildman–Crippen LogP) is 1.68. The Kier molecular flexibility index (Phi) is 3.99. The van der Waals surface area contributed by atoms with E-state index in [0.29, 0.717) is 5.91 Å². The van der Waals surface area contributed by atoms with Gasteiger partial charge in [-0.3, -0.25) is 4.79 Å². The van der Waals surface area contributed by atoms with Crippen LogP contribution in [-0.4, -0.2) is 29.9 Å². The maximum Gasteiger partial charge on any atom is 0.227 e. The minimum absolute atomic E-state index is 0.0778. The van der Waals surface area contributed by atoms with Crippen LogP contribution in [0, 0.1) is 5.92 Å². The number of hydrogen-bond donors (Lipinski definition) is 1. The van der Waals surface area contributed by atoms with Crippen molar-refractivity contribution < 1.29 is 4.79 Å². The van der Waals surface area contributed by atoms with Gasteiger partial charge in [-0.25, -0.2) is 0 Å². The standard InChI is InChI=1S/C13H22N2O/c14-12-8-4-1-3-7-11(12)13(16)15-9-5-2-6-10-15/h2,5,11-12H,1,3-4,6-10,14H2. The summed E-state index contributed by atoms with van der Waals surface area (Å²) in [6.45, 7) is 1.65. The summed E-state index contributed by atoms with van der Waals surface area (Å²) in [5.41, 5.74) is 6.12. The van der Waals surface area contributed by atoms with Gasteiger partial charge >= 0.3 is 0 Å². The van der Waals surface area contributed by atoms with Crippen LogP contribution in [0.5, 0.6) is 0 Å². The maximum absolute atomic E-state index is 12.3. The van der Waals surface area contributed by atoms with Crippen molar-refractivity contribution in [3.8, 4) is 0 Å². The Bertz CT molecular complexity index is 275. The minimum atomic E-state index is 0.0778. The first-order valence-corrected chi connectivity index (χ1v) is 6.48. The first-order chi connectivity index (χ1) is 7.79. The third-order valence-electron chi connectivity index (χ3n) is 3.76. The Morgan fingerprint density at radius 1 is 1.19 bits per heavy atom. The second-order valence-corrected chi connectivity index (χ2v) is 4.95. The molecule has 1 amide bonds. The molecule has 0 bridgehead atoms. The molecule has 0 aromatic rings. The smallest absolute Gasteiger partial charge is 0.227 e. The van der Waals surface area contributed by atoms with Gasteiger partial charge in [0, 0.05) is 19.1 Å². The Morgan fingerprint density at radius 3 is 2.75 bits per heavy atom. The van der Waals surface area contributed by atoms with Crippen LogP contribution in [0.1, 0.15) is 38.5 Å². The van der Waals surface area contributed by atoms with Gasteiger partial charge in [-0.1, -0.05) is 31.4 Å². The highest BCUT2D eigenvalue weighted by Crippen LogP contribution is 2.24. The minimum Gasteiger partial charge on any atom is -0.338 e. The number of rotatable bonds is 1. The molecule has 0 saturated heterocycles. The SMILES string of the molecule is NC1CCCCCC1C(=O)N1CC=CCC1. The van der Waals surface area contributed by atoms with E-state index in [0.717, 1.165) is 38.8 Å². The second kappa shape index (κ2) is 5.48. The quantitative estimate of drug-likeness (QED) is 0.542. The third kappa shape index (κ3) is 2.64. The molecule has 16 heavy (non-hydrogen) atoms. The van der Waals surface area contributed by atoms with Crippen molar-refractivity contribution in [3.05, 3.63) is 12.2 Å². The molecule has 2 atom stereocenters. The predicted molar refractivity (Wildman–Crippen MR) is 64.9 cm³/mol. The topological polar surface area (TPSA) is 46.3 Å². The van der Waals surface area contributed by atoms with Crippen molar-refractivity contribution in [2.45, 2.75) is 44.6 Å². The van der Waals surface area contributed by atoms with Crippen LogP contribution in [0.15, 0.2) is 12.2 Å². The molecular formula is C13H22N2O. The molecular weight excluding hydrogens is 200 g/mol. The third-order valence-corrected chi connectivity index (χ3v) is 3.76. The van der Waals surface area contributed by atoms with E-state index in [1.165, 1.54) is 12.8 Å². The van der Waals surface area contributed by atoms with E-state index >= 15 is 0 Å². The summed E-state index contributed by atoms with van der Waals surface area (Å²) in [7, 11) is 0. The van der Waals surface area contributed by atoms with Crippen LogP contribution in [0.3, 0.4) is 0 Å². The summed E-state index contributed by atoms with van der Waals surface area (Å²) in [6, 6.07) is 0.0842. The molecule has 2 unspecified atom stereocenters. The van der Waals surface area contributed by atoms with Gasteiger partial charge in [-0.15, -0.1) is 0 Å². The highest BCUT2D eigenvalue weighted by Gasteiger charge is 2.30. The van der Waals surface area contributed by atoms with Crippen molar-refractivity contribution in [2.75, 3.05) is 13.1 Å². The Hall–Kier alpha value is -0.830. The van der Waals surface area contributed by atoms with Gasteiger partial charge in [0.05, 0.1) is 5.92 Å². The average molecular weight is 222 g/mol. The average Bonchev–Trinajstić information content (AvgIpc) is 2.54. The van der Waals surface area contributed by atoms with Crippen LogP contribution >= 0.6 is 0 Å². The molecule has 1 heterocycles. The zero-order chi connectivity index (χ0) is 11.4. The van der Waals surface area contributed by atoms with Crippen molar-refractivity contribution >= 4 is 5.91 Å². The lowest BCUT2D eigenvalue weighted by Gasteiger charge is -2.30. The summed E-state index contributed by atoms with van der Waals surface area (Å²) in [5.74, 6) is 0.368. The zero-order valence-corrected chi connectivity index (χ0v) is 9.90. The van der Waals surface area contributed by atoms with E-state index in [1.54, 1.807) is 0 Å². The lowest BCUT2D eigenvalue weighted by molar-refractivity contribution is -0.136. The monoisotopic (exact) mass is 222 g/mol. The van der Waals surface area contributed by atoms with Gasteiger partial charge in [-0.2, -0.15) is 0 Å². The first-order valence-electron chi connectivity index (χ1n) is 6.48. The van der Waals surface area contributed by atoms with Crippen LogP contribution in [0.2, 0.25) is 0 Å². The molecule has 2 aliphatic rings. The van der Waals surface area contributed by atoms with E-state index in [1.807, 2.05) is 4.90 Å². The molecule has 1 saturated carbocycles. The number of nitrogens with two attached hydrogens (primary N) is 1. The lowest BCUT2D eigenvalue weighted by Crippen LogP contribution is -2.44. The molecule has 1 aliphatic heterocycles. The van der Waals surface area contributed by atoms with Gasteiger partial charge in [0.1, 0.15) is 0 Å². The van der Waals surface area contributed by atoms with Crippen LogP contribution in [0.4, 0.5) is 0 Å². The van der Waals surface area contributed by atoms with Crippen molar-refractivity contribution in [1.29, 1.82) is 0 Å². The van der Waals surface area contributed by atoms with Gasteiger partial charge in [0.2, 0.25) is 5.91 Å². The second-order valence-electron chi connectivity index (χ2n) is 4.95. The van der Waals surface area contributed by atoms with E-state index in [2.05, 4.69) is 12.2 Å². The Labute approximate surface area is 97.7 Å². The molecule has 0 spiro atoms. The summed E-state index contributed by atoms with van der Waals surface area (Å²) >= 11 is 0. The molecule has 90 valence electrons. The molecule has 3 nitrogen and oxygen atoms in total. The molecule has 2 N–H and O–H groups in total. The van der Waals surface area contributed by atoms with Gasteiger partial charge in [0.25, 0.3) is 0 Å². The summed E-state index contributed by atoms with van der Waals surface area (Å²) in [4.78, 5) is 14.3. The fourth-order valence-corrected chi connectivity index (χ4v) is 2.72. The summed E-state index contributed by atoms with van der Waals surface area (Å²) in [5, 5.41) is 0. The van der Waals surface area contributed by atoms with Crippen molar-refractivity contribution in [1.82, 2.24) is 4.90 Å². The summed E-state index contributed by atoms with van der Waals surface area (Å²) < 4.78 is 0. The normalized spacial score (nSPS) is 31.2. The van der Waals surface area contributed by atoms with Crippen LogP contribution in [0.25, 0.3) is 0 Å². The fraction of sp³-hybridized carbons (Fsp3) is 0.769. The van der Waals surface area contributed by atoms with Crippen molar-refractivity contribution in [2.24, 2.45) is 11.7 Å². The molecule has 3 heteroatoms. The van der Waals surface area contributed by atoms with Crippen molar-refractivity contribution in [3.63, 3.8) is 0 Å². The van der Waals surface area contributed by atoms with E-state index in [4.69, 9.17) is 5.73 Å². The summed E-state index contributed by atoms with van der Waals surface area (Å²) in [6.07, 6.45) is 10.8. The fourth-order valence-electron chi connectivity index (χ4n) is 2.72. The zero-order valence-electron chi connectivity index (χ0n) is 9.90. The van der Waals surface area contributed by atoms with Crippen LogP contribution < -0.4 is 5.73 Å². The number of amides is 1. The molecule has 1 fully saturated rings. The molecule has 1 aliphatic carbocycles. The Balaban J connectivity index is 1.98. The number of carbonyl (C=O) groups is 1. The maximum atomic E-state index is 12.3. The van der Waals surface area contributed by atoms with E-state index < -0.39 is 0 Å². The highest BCUT2D eigenvalue weighted by atomic mass is 16.2. The number of hydrogen-bond acceptors (Lipinski definition) is 2. The van der Waals surface area contributed by atoms with Gasteiger partial charge < -0.3 is 10.6 Å². The largest absolute Gasteiger partial charge is 0.338 e. The van der Waals surface area contributed by atoms with Gasteiger partial charge in [-0.05, 0) is 19.3 Å². The highest BCUT2D eigenvalue weighted by molar-refractivity contribution is 5.80.